The first-order valence-corrected chi connectivity index (χ1v) is 3.79. The van der Waals surface area contributed by atoms with Crippen molar-refractivity contribution in [2.45, 2.75) is 6.92 Å². The van der Waals surface area contributed by atoms with Crippen LogP contribution in [-0.2, 0) is 0 Å². The van der Waals surface area contributed by atoms with E-state index in [0.29, 0.717) is 5.89 Å². The zero-order chi connectivity index (χ0) is 10.3. The van der Waals surface area contributed by atoms with Crippen molar-refractivity contribution in [3.63, 3.8) is 0 Å². The quantitative estimate of drug-likeness (QED) is 0.517. The number of rotatable bonds is 1. The number of aryl methyl sites for hydroxylation is 1. The Kier molecular flexibility index (Phi) is 1.70. The summed E-state index contributed by atoms with van der Waals surface area (Å²) < 4.78 is 18.1. The van der Waals surface area contributed by atoms with Gasteiger partial charge in [-0.2, -0.15) is 4.39 Å². The van der Waals surface area contributed by atoms with Gasteiger partial charge in [-0.1, -0.05) is 0 Å². The highest BCUT2D eigenvalue weighted by atomic mass is 19.1. The molecule has 0 saturated heterocycles. The van der Waals surface area contributed by atoms with E-state index in [-0.39, 0.29) is 11.1 Å². The first-order chi connectivity index (χ1) is 6.58. The number of halogens is 1. The Morgan fingerprint density at radius 2 is 2.29 bits per heavy atom. The molecule has 6 heteroatoms. The molecular weight excluding hydrogens is 191 g/mol. The minimum atomic E-state index is -0.907. The topological polar surface area (TPSA) is 69.2 Å². The second-order valence-corrected chi connectivity index (χ2v) is 2.76. The van der Waals surface area contributed by atoms with E-state index in [0.717, 1.165) is 12.1 Å². The molecule has 0 unspecified atom stereocenters. The molecule has 0 amide bonds. The van der Waals surface area contributed by atoms with Gasteiger partial charge < -0.3 is 4.42 Å². The summed E-state index contributed by atoms with van der Waals surface area (Å²) in [7, 11) is 0. The zero-order valence-electron chi connectivity index (χ0n) is 7.15. The number of oxazole rings is 1. The third-order valence-electron chi connectivity index (χ3n) is 1.76. The van der Waals surface area contributed by atoms with Crippen LogP contribution in [-0.4, -0.2) is 9.91 Å². The van der Waals surface area contributed by atoms with Crippen LogP contribution in [0.15, 0.2) is 16.5 Å². The van der Waals surface area contributed by atoms with Gasteiger partial charge in [0.2, 0.25) is 5.82 Å². The summed E-state index contributed by atoms with van der Waals surface area (Å²) in [4.78, 5) is 13.4. The van der Waals surface area contributed by atoms with Crippen LogP contribution in [0.5, 0.6) is 0 Å². The third kappa shape index (κ3) is 1.20. The summed E-state index contributed by atoms with van der Waals surface area (Å²) in [5.41, 5.74) is -0.102. The molecule has 0 aliphatic carbocycles. The number of hydrogen-bond donors (Lipinski definition) is 0. The fourth-order valence-corrected chi connectivity index (χ4v) is 1.19. The van der Waals surface area contributed by atoms with Crippen LogP contribution in [0.1, 0.15) is 5.89 Å². The van der Waals surface area contributed by atoms with Crippen LogP contribution >= 0.6 is 0 Å². The molecule has 5 nitrogen and oxygen atoms in total. The van der Waals surface area contributed by atoms with Crippen molar-refractivity contribution in [2.24, 2.45) is 0 Å². The number of hydrogen-bond acceptors (Lipinski definition) is 4. The summed E-state index contributed by atoms with van der Waals surface area (Å²) >= 11 is 0. The highest BCUT2D eigenvalue weighted by molar-refractivity contribution is 5.75. The SMILES string of the molecule is Cc1nc2cc(F)c([N+](=O)[O-])cc2o1. The van der Waals surface area contributed by atoms with E-state index >= 15 is 0 Å². The number of benzene rings is 1. The molecule has 0 radical (unpaired) electrons. The largest absolute Gasteiger partial charge is 0.441 e. The molecule has 72 valence electrons. The molecule has 0 spiro atoms. The fourth-order valence-electron chi connectivity index (χ4n) is 1.19. The second kappa shape index (κ2) is 2.76. The Morgan fingerprint density at radius 1 is 1.57 bits per heavy atom. The standard InChI is InChI=1S/C8H5FN2O3/c1-4-10-6-2-5(9)7(11(12)13)3-8(6)14-4/h2-3H,1H3. The first-order valence-electron chi connectivity index (χ1n) is 3.79. The predicted molar refractivity (Wildman–Crippen MR) is 45.4 cm³/mol. The average Bonchev–Trinajstić information content (AvgIpc) is 2.42. The Labute approximate surface area is 77.3 Å². The van der Waals surface area contributed by atoms with Crippen molar-refractivity contribution in [1.29, 1.82) is 0 Å². The number of aromatic nitrogens is 1. The Hall–Kier alpha value is -1.98. The lowest BCUT2D eigenvalue weighted by Crippen LogP contribution is -1.91. The van der Waals surface area contributed by atoms with E-state index in [2.05, 4.69) is 4.98 Å². The van der Waals surface area contributed by atoms with Crippen molar-refractivity contribution >= 4 is 16.8 Å². The lowest BCUT2D eigenvalue weighted by atomic mass is 10.3. The Balaban J connectivity index is 2.76. The molecule has 0 N–H and O–H groups in total. The van der Waals surface area contributed by atoms with Crippen LogP contribution < -0.4 is 0 Å². The molecule has 2 aromatic rings. The maximum absolute atomic E-state index is 13.1. The lowest BCUT2D eigenvalue weighted by Gasteiger charge is -1.91. The first kappa shape index (κ1) is 8.61. The highest BCUT2D eigenvalue weighted by Crippen LogP contribution is 2.24. The van der Waals surface area contributed by atoms with Gasteiger partial charge in [-0.25, -0.2) is 4.98 Å². The Morgan fingerprint density at radius 3 is 2.93 bits per heavy atom. The van der Waals surface area contributed by atoms with Gasteiger partial charge in [0.25, 0.3) is 0 Å². The van der Waals surface area contributed by atoms with Gasteiger partial charge in [0.15, 0.2) is 11.5 Å². The average molecular weight is 196 g/mol. The Bertz CT molecular complexity index is 521. The van der Waals surface area contributed by atoms with Crippen molar-refractivity contribution in [2.75, 3.05) is 0 Å². The molecule has 2 rings (SSSR count). The van der Waals surface area contributed by atoms with Crippen molar-refractivity contribution in [3.8, 4) is 0 Å². The van der Waals surface area contributed by atoms with Crippen molar-refractivity contribution in [1.82, 2.24) is 4.98 Å². The monoisotopic (exact) mass is 196 g/mol. The molecule has 0 aliphatic heterocycles. The zero-order valence-corrected chi connectivity index (χ0v) is 7.15. The minimum Gasteiger partial charge on any atom is -0.441 e. The summed E-state index contributed by atoms with van der Waals surface area (Å²) in [6.07, 6.45) is 0. The molecule has 14 heavy (non-hydrogen) atoms. The normalized spacial score (nSPS) is 10.7. The summed E-state index contributed by atoms with van der Waals surface area (Å²) in [5.74, 6) is -0.560. The maximum atomic E-state index is 13.1. The summed E-state index contributed by atoms with van der Waals surface area (Å²) in [5, 5.41) is 10.4. The molecule has 0 aliphatic rings. The molecule has 1 aromatic carbocycles. The van der Waals surface area contributed by atoms with Crippen LogP contribution in [0.25, 0.3) is 11.1 Å². The van der Waals surface area contributed by atoms with Crippen LogP contribution in [0.3, 0.4) is 0 Å². The van der Waals surface area contributed by atoms with E-state index in [1.54, 1.807) is 6.92 Å². The van der Waals surface area contributed by atoms with E-state index in [1.807, 2.05) is 0 Å². The highest BCUT2D eigenvalue weighted by Gasteiger charge is 2.17. The van der Waals surface area contributed by atoms with Crippen molar-refractivity contribution < 1.29 is 13.7 Å². The van der Waals surface area contributed by atoms with E-state index in [4.69, 9.17) is 4.42 Å². The molecule has 0 atom stereocenters. The van der Waals surface area contributed by atoms with Gasteiger partial charge in [0.1, 0.15) is 5.52 Å². The molecule has 1 aromatic heterocycles. The van der Waals surface area contributed by atoms with Gasteiger partial charge in [0.05, 0.1) is 11.0 Å². The van der Waals surface area contributed by atoms with Crippen LogP contribution in [0.4, 0.5) is 10.1 Å². The van der Waals surface area contributed by atoms with E-state index in [1.165, 1.54) is 0 Å². The molecule has 0 saturated carbocycles. The smallest absolute Gasteiger partial charge is 0.308 e. The fraction of sp³-hybridized carbons (Fsp3) is 0.125. The third-order valence-corrected chi connectivity index (χ3v) is 1.76. The maximum Gasteiger partial charge on any atom is 0.308 e. The van der Waals surface area contributed by atoms with E-state index in [9.17, 15) is 14.5 Å². The number of fused-ring (bicyclic) bond motifs is 1. The molecule has 1 heterocycles. The minimum absolute atomic E-state index is 0.218. The van der Waals surface area contributed by atoms with Gasteiger partial charge in [0, 0.05) is 13.0 Å². The van der Waals surface area contributed by atoms with E-state index < -0.39 is 16.4 Å². The van der Waals surface area contributed by atoms with Crippen LogP contribution in [0.2, 0.25) is 0 Å². The van der Waals surface area contributed by atoms with Gasteiger partial charge in [-0.15, -0.1) is 0 Å². The molecular formula is C8H5FN2O3. The summed E-state index contributed by atoms with van der Waals surface area (Å²) in [6.45, 7) is 1.59. The molecule has 0 fully saturated rings. The predicted octanol–water partition coefficient (Wildman–Crippen LogP) is 2.18. The van der Waals surface area contributed by atoms with Gasteiger partial charge in [-0.05, 0) is 0 Å². The number of nitrogens with zero attached hydrogens (tertiary/aromatic N) is 2. The van der Waals surface area contributed by atoms with Gasteiger partial charge >= 0.3 is 5.69 Å². The molecule has 0 bridgehead atoms. The summed E-state index contributed by atoms with van der Waals surface area (Å²) in [6, 6.07) is 2.02. The second-order valence-electron chi connectivity index (χ2n) is 2.76. The van der Waals surface area contributed by atoms with Crippen LogP contribution in [0, 0.1) is 22.9 Å². The lowest BCUT2D eigenvalue weighted by molar-refractivity contribution is -0.387. The number of nitro benzene ring substituents is 1. The van der Waals surface area contributed by atoms with Crippen molar-refractivity contribution in [3.05, 3.63) is 34.0 Å². The number of nitro groups is 1. The van der Waals surface area contributed by atoms with Gasteiger partial charge in [-0.3, -0.25) is 10.1 Å².